The van der Waals surface area contributed by atoms with Gasteiger partial charge in [-0.2, -0.15) is 0 Å². The summed E-state index contributed by atoms with van der Waals surface area (Å²) >= 11 is 1.50. The summed E-state index contributed by atoms with van der Waals surface area (Å²) < 4.78 is 1.94. The van der Waals surface area contributed by atoms with E-state index in [-0.39, 0.29) is 5.91 Å². The number of hydrogen-bond acceptors (Lipinski definition) is 4. The molecular weight excluding hydrogens is 392 g/mol. The summed E-state index contributed by atoms with van der Waals surface area (Å²) in [5, 5.41) is 5.71. The van der Waals surface area contributed by atoms with Gasteiger partial charge in [0.2, 0.25) is 0 Å². The molecule has 5 rings (SSSR count). The zero-order valence-electron chi connectivity index (χ0n) is 16.4. The van der Waals surface area contributed by atoms with Crippen LogP contribution in [0.3, 0.4) is 0 Å². The normalized spacial score (nSPS) is 18.0. The van der Waals surface area contributed by atoms with Crippen LogP contribution in [0.15, 0.2) is 78.6 Å². The lowest BCUT2D eigenvalue weighted by atomic mass is 9.70. The first kappa shape index (κ1) is 18.8. The molecule has 1 aromatic carbocycles. The highest BCUT2D eigenvalue weighted by molar-refractivity contribution is 7.14. The molecule has 1 saturated carbocycles. The quantitative estimate of drug-likeness (QED) is 0.466. The third-order valence-corrected chi connectivity index (χ3v) is 6.51. The Morgan fingerprint density at radius 1 is 1.03 bits per heavy atom. The standard InChI is InChI=1S/C24H22N4OS/c29-23(22-7-4-12-28(22)15-17-8-10-25-11-9-17)27-24-26-21(16-30-24)20-13-19(14-20)18-5-2-1-3-6-18/h1-12,16,19-20H,13-15H2,(H,26,27,29). The van der Waals surface area contributed by atoms with E-state index in [4.69, 9.17) is 4.98 Å². The second-order valence-corrected chi connectivity index (χ2v) is 8.54. The molecule has 4 aromatic rings. The summed E-state index contributed by atoms with van der Waals surface area (Å²) in [4.78, 5) is 21.5. The number of nitrogens with zero attached hydrogens (tertiary/aromatic N) is 3. The van der Waals surface area contributed by atoms with Crippen molar-refractivity contribution in [3.63, 3.8) is 0 Å². The molecule has 1 amide bonds. The van der Waals surface area contributed by atoms with E-state index in [1.54, 1.807) is 12.4 Å². The summed E-state index contributed by atoms with van der Waals surface area (Å²) in [6.45, 7) is 0.629. The zero-order chi connectivity index (χ0) is 20.3. The Hall–Kier alpha value is -3.25. The summed E-state index contributed by atoms with van der Waals surface area (Å²) in [6.07, 6.45) is 7.68. The van der Waals surface area contributed by atoms with Gasteiger partial charge in [0.25, 0.3) is 5.91 Å². The maximum absolute atomic E-state index is 12.8. The SMILES string of the molecule is O=C(Nc1nc(C2CC(c3ccccc3)C2)cs1)c1cccn1Cc1ccncc1. The van der Waals surface area contributed by atoms with Crippen molar-refractivity contribution in [2.45, 2.75) is 31.2 Å². The number of pyridine rings is 1. The fourth-order valence-electron chi connectivity index (χ4n) is 3.99. The number of carbonyl (C=O) groups excluding carboxylic acids is 1. The molecule has 1 N–H and O–H groups in total. The molecule has 1 aliphatic rings. The zero-order valence-corrected chi connectivity index (χ0v) is 17.3. The van der Waals surface area contributed by atoms with Crippen LogP contribution in [0, 0.1) is 0 Å². The van der Waals surface area contributed by atoms with Crippen LogP contribution < -0.4 is 5.32 Å². The molecule has 0 bridgehead atoms. The van der Waals surface area contributed by atoms with Gasteiger partial charge in [0.1, 0.15) is 5.69 Å². The lowest BCUT2D eigenvalue weighted by Gasteiger charge is -2.34. The summed E-state index contributed by atoms with van der Waals surface area (Å²) in [5.41, 5.74) is 4.23. The first-order chi connectivity index (χ1) is 14.8. The van der Waals surface area contributed by atoms with E-state index in [2.05, 4.69) is 46.0 Å². The number of rotatable bonds is 6. The highest BCUT2D eigenvalue weighted by Crippen LogP contribution is 2.47. The number of aromatic nitrogens is 3. The summed E-state index contributed by atoms with van der Waals surface area (Å²) in [5.74, 6) is 0.964. The molecule has 0 aliphatic heterocycles. The van der Waals surface area contributed by atoms with Gasteiger partial charge in [0.05, 0.1) is 5.69 Å². The third kappa shape index (κ3) is 3.91. The average molecular weight is 415 g/mol. The molecule has 1 fully saturated rings. The Morgan fingerprint density at radius 3 is 2.63 bits per heavy atom. The van der Waals surface area contributed by atoms with Gasteiger partial charge in [-0.1, -0.05) is 30.3 Å². The Kier molecular flexibility index (Phi) is 5.15. The van der Waals surface area contributed by atoms with Crippen molar-refractivity contribution in [2.24, 2.45) is 0 Å². The van der Waals surface area contributed by atoms with Crippen LogP contribution >= 0.6 is 11.3 Å². The van der Waals surface area contributed by atoms with E-state index in [1.165, 1.54) is 16.9 Å². The van der Waals surface area contributed by atoms with Crippen molar-refractivity contribution in [3.05, 3.63) is 101 Å². The molecule has 5 nitrogen and oxygen atoms in total. The lowest BCUT2D eigenvalue weighted by Crippen LogP contribution is -2.20. The largest absolute Gasteiger partial charge is 0.339 e. The van der Waals surface area contributed by atoms with Crippen molar-refractivity contribution >= 4 is 22.4 Å². The van der Waals surface area contributed by atoms with E-state index in [0.29, 0.717) is 29.2 Å². The molecule has 30 heavy (non-hydrogen) atoms. The first-order valence-electron chi connectivity index (χ1n) is 10.1. The molecule has 0 atom stereocenters. The van der Waals surface area contributed by atoms with Crippen LogP contribution in [-0.2, 0) is 6.54 Å². The van der Waals surface area contributed by atoms with Crippen LogP contribution in [0.25, 0.3) is 0 Å². The number of amides is 1. The van der Waals surface area contributed by atoms with Gasteiger partial charge in [-0.15, -0.1) is 11.3 Å². The number of nitrogens with one attached hydrogen (secondary N) is 1. The molecule has 150 valence electrons. The molecule has 1 aliphatic carbocycles. The monoisotopic (exact) mass is 414 g/mol. The summed E-state index contributed by atoms with van der Waals surface area (Å²) in [6, 6.07) is 18.3. The predicted molar refractivity (Wildman–Crippen MR) is 119 cm³/mol. The van der Waals surface area contributed by atoms with Gasteiger partial charge in [0, 0.05) is 36.4 Å². The van der Waals surface area contributed by atoms with Crippen LogP contribution in [-0.4, -0.2) is 20.4 Å². The van der Waals surface area contributed by atoms with Crippen molar-refractivity contribution in [1.29, 1.82) is 0 Å². The van der Waals surface area contributed by atoms with E-state index in [9.17, 15) is 4.79 Å². The molecule has 3 heterocycles. The first-order valence-corrected chi connectivity index (χ1v) is 11.0. The van der Waals surface area contributed by atoms with E-state index >= 15 is 0 Å². The second-order valence-electron chi connectivity index (χ2n) is 7.68. The topological polar surface area (TPSA) is 59.8 Å². The van der Waals surface area contributed by atoms with Gasteiger partial charge < -0.3 is 4.57 Å². The molecule has 6 heteroatoms. The average Bonchev–Trinajstić information content (AvgIpc) is 3.38. The smallest absolute Gasteiger partial charge is 0.274 e. The fraction of sp³-hybridized carbons (Fsp3) is 0.208. The number of carbonyl (C=O) groups is 1. The predicted octanol–water partition coefficient (Wildman–Crippen LogP) is 5.30. The second kappa shape index (κ2) is 8.24. The Bertz CT molecular complexity index is 1130. The van der Waals surface area contributed by atoms with Gasteiger partial charge in [0.15, 0.2) is 5.13 Å². The third-order valence-electron chi connectivity index (χ3n) is 5.73. The Labute approximate surface area is 179 Å². The minimum atomic E-state index is -0.134. The number of hydrogen-bond donors (Lipinski definition) is 1. The highest BCUT2D eigenvalue weighted by Gasteiger charge is 2.33. The molecule has 0 saturated heterocycles. The van der Waals surface area contributed by atoms with E-state index in [1.807, 2.05) is 35.0 Å². The van der Waals surface area contributed by atoms with E-state index in [0.717, 1.165) is 24.1 Å². The van der Waals surface area contributed by atoms with E-state index < -0.39 is 0 Å². The van der Waals surface area contributed by atoms with Crippen molar-refractivity contribution in [1.82, 2.24) is 14.5 Å². The number of anilines is 1. The van der Waals surface area contributed by atoms with Gasteiger partial charge in [-0.05, 0) is 54.2 Å². The fourth-order valence-corrected chi connectivity index (χ4v) is 4.78. The molecular formula is C24H22N4OS. The van der Waals surface area contributed by atoms with Gasteiger partial charge in [-0.25, -0.2) is 4.98 Å². The lowest BCUT2D eigenvalue weighted by molar-refractivity contribution is 0.101. The van der Waals surface area contributed by atoms with Gasteiger partial charge >= 0.3 is 0 Å². The number of benzene rings is 1. The van der Waals surface area contributed by atoms with Crippen LogP contribution in [0.2, 0.25) is 0 Å². The van der Waals surface area contributed by atoms with Crippen molar-refractivity contribution in [3.8, 4) is 0 Å². The maximum atomic E-state index is 12.8. The van der Waals surface area contributed by atoms with Gasteiger partial charge in [-0.3, -0.25) is 15.1 Å². The molecule has 0 radical (unpaired) electrons. The summed E-state index contributed by atoms with van der Waals surface area (Å²) in [7, 11) is 0. The van der Waals surface area contributed by atoms with Crippen molar-refractivity contribution in [2.75, 3.05) is 5.32 Å². The van der Waals surface area contributed by atoms with Crippen LogP contribution in [0.1, 0.15) is 52.0 Å². The minimum Gasteiger partial charge on any atom is -0.339 e. The Morgan fingerprint density at radius 2 is 1.83 bits per heavy atom. The highest BCUT2D eigenvalue weighted by atomic mass is 32.1. The molecule has 3 aromatic heterocycles. The minimum absolute atomic E-state index is 0.134. The van der Waals surface area contributed by atoms with Crippen LogP contribution in [0.4, 0.5) is 5.13 Å². The molecule has 0 spiro atoms. The maximum Gasteiger partial charge on any atom is 0.274 e. The van der Waals surface area contributed by atoms with Crippen molar-refractivity contribution < 1.29 is 4.79 Å². The Balaban J connectivity index is 1.21. The van der Waals surface area contributed by atoms with Crippen LogP contribution in [0.5, 0.6) is 0 Å². The number of thiazole rings is 1. The molecule has 0 unspecified atom stereocenters.